The highest BCUT2D eigenvalue weighted by Gasteiger charge is 2.57. The Hall–Kier alpha value is -1.78. The van der Waals surface area contributed by atoms with E-state index in [4.69, 9.17) is 4.99 Å². The zero-order valence-corrected chi connectivity index (χ0v) is 14.4. The molecule has 0 saturated carbocycles. The average Bonchev–Trinajstić information content (AvgIpc) is 3.11. The Kier molecular flexibility index (Phi) is 3.10. The fourth-order valence-electron chi connectivity index (χ4n) is 4.45. The van der Waals surface area contributed by atoms with E-state index < -0.39 is 5.72 Å². The van der Waals surface area contributed by atoms with Gasteiger partial charge in [-0.1, -0.05) is 66.4 Å². The molecule has 1 fully saturated rings. The predicted molar refractivity (Wildman–Crippen MR) is 98.0 cm³/mol. The van der Waals surface area contributed by atoms with Gasteiger partial charge in [-0.25, -0.2) is 0 Å². The molecule has 0 amide bonds. The van der Waals surface area contributed by atoms with Gasteiger partial charge in [-0.2, -0.15) is 0 Å². The number of thioether (sulfide) groups is 1. The van der Waals surface area contributed by atoms with Crippen molar-refractivity contribution in [3.8, 4) is 0 Å². The normalized spacial score (nSPS) is 33.7. The van der Waals surface area contributed by atoms with Crippen LogP contribution >= 0.6 is 11.8 Å². The van der Waals surface area contributed by atoms with Crippen LogP contribution in [0.5, 0.6) is 0 Å². The molecule has 122 valence electrons. The Labute approximate surface area is 146 Å². The SMILES string of the molecule is C[C@@H]1SC2=NC3c4ccccc4CCC3N2[C@@]1(O)c1ccccc1. The fourth-order valence-corrected chi connectivity index (χ4v) is 5.74. The van der Waals surface area contributed by atoms with E-state index in [1.54, 1.807) is 11.8 Å². The smallest absolute Gasteiger partial charge is 0.178 e. The largest absolute Gasteiger partial charge is 0.366 e. The number of benzene rings is 2. The van der Waals surface area contributed by atoms with Crippen molar-refractivity contribution in [2.45, 2.75) is 42.8 Å². The summed E-state index contributed by atoms with van der Waals surface area (Å²) >= 11 is 1.70. The van der Waals surface area contributed by atoms with Crippen LogP contribution in [0.15, 0.2) is 59.6 Å². The quantitative estimate of drug-likeness (QED) is 0.863. The van der Waals surface area contributed by atoms with Gasteiger partial charge in [0.2, 0.25) is 0 Å². The van der Waals surface area contributed by atoms with Crippen LogP contribution in [-0.4, -0.2) is 26.5 Å². The minimum atomic E-state index is -0.976. The van der Waals surface area contributed by atoms with Crippen LogP contribution in [0.3, 0.4) is 0 Å². The molecule has 5 rings (SSSR count). The molecule has 1 N–H and O–H groups in total. The first-order chi connectivity index (χ1) is 11.7. The molecule has 24 heavy (non-hydrogen) atoms. The van der Waals surface area contributed by atoms with E-state index >= 15 is 0 Å². The summed E-state index contributed by atoms with van der Waals surface area (Å²) in [7, 11) is 0. The van der Waals surface area contributed by atoms with Gasteiger partial charge < -0.3 is 10.0 Å². The molecule has 2 aromatic carbocycles. The third-order valence-corrected chi connectivity index (χ3v) is 6.85. The van der Waals surface area contributed by atoms with Crippen molar-refractivity contribution < 1.29 is 5.11 Å². The van der Waals surface area contributed by atoms with Crippen LogP contribution < -0.4 is 0 Å². The van der Waals surface area contributed by atoms with Crippen molar-refractivity contribution in [3.05, 3.63) is 71.3 Å². The molecular formula is C20H20N2OS. The topological polar surface area (TPSA) is 35.8 Å². The second kappa shape index (κ2) is 5.11. The second-order valence-corrected chi connectivity index (χ2v) is 8.19. The number of amidine groups is 1. The van der Waals surface area contributed by atoms with Crippen molar-refractivity contribution in [1.82, 2.24) is 4.90 Å². The summed E-state index contributed by atoms with van der Waals surface area (Å²) in [5, 5.41) is 12.8. The number of aliphatic hydroxyl groups is 1. The van der Waals surface area contributed by atoms with E-state index in [-0.39, 0.29) is 17.3 Å². The Morgan fingerprint density at radius 2 is 1.88 bits per heavy atom. The summed E-state index contributed by atoms with van der Waals surface area (Å²) < 4.78 is 0. The van der Waals surface area contributed by atoms with Gasteiger partial charge in [0.15, 0.2) is 10.9 Å². The van der Waals surface area contributed by atoms with Crippen LogP contribution in [0, 0.1) is 0 Å². The highest BCUT2D eigenvalue weighted by Crippen LogP contribution is 2.54. The Morgan fingerprint density at radius 3 is 2.71 bits per heavy atom. The molecular weight excluding hydrogens is 316 g/mol. The summed E-state index contributed by atoms with van der Waals surface area (Å²) in [4.78, 5) is 7.24. The average molecular weight is 336 g/mol. The van der Waals surface area contributed by atoms with Crippen LogP contribution in [-0.2, 0) is 12.1 Å². The lowest BCUT2D eigenvalue weighted by Crippen LogP contribution is -2.52. The van der Waals surface area contributed by atoms with Crippen LogP contribution in [0.1, 0.15) is 36.1 Å². The number of rotatable bonds is 1. The molecule has 0 aromatic heterocycles. The molecule has 2 heterocycles. The van der Waals surface area contributed by atoms with Crippen LogP contribution in [0.4, 0.5) is 0 Å². The van der Waals surface area contributed by atoms with Gasteiger partial charge in [0, 0.05) is 5.56 Å². The molecule has 0 spiro atoms. The minimum absolute atomic E-state index is 0.0665. The molecule has 4 atom stereocenters. The van der Waals surface area contributed by atoms with Gasteiger partial charge in [-0.05, 0) is 30.9 Å². The zero-order valence-electron chi connectivity index (χ0n) is 13.6. The molecule has 1 saturated heterocycles. The Bertz CT molecular complexity index is 821. The van der Waals surface area contributed by atoms with Crippen molar-refractivity contribution in [3.63, 3.8) is 0 Å². The maximum Gasteiger partial charge on any atom is 0.178 e. The lowest BCUT2D eigenvalue weighted by molar-refractivity contribution is -0.0859. The molecule has 1 aliphatic carbocycles. The molecule has 2 aliphatic heterocycles. The zero-order chi connectivity index (χ0) is 16.3. The van der Waals surface area contributed by atoms with Gasteiger partial charge in [0.05, 0.1) is 17.3 Å². The predicted octanol–water partition coefficient (Wildman–Crippen LogP) is 3.69. The highest BCUT2D eigenvalue weighted by molar-refractivity contribution is 8.14. The van der Waals surface area contributed by atoms with Crippen LogP contribution in [0.2, 0.25) is 0 Å². The molecule has 3 aliphatic rings. The van der Waals surface area contributed by atoms with Crippen LogP contribution in [0.25, 0.3) is 0 Å². The molecule has 2 unspecified atom stereocenters. The number of fused-ring (bicyclic) bond motifs is 5. The summed E-state index contributed by atoms with van der Waals surface area (Å²) in [6.45, 7) is 2.10. The van der Waals surface area contributed by atoms with Gasteiger partial charge in [-0.3, -0.25) is 4.99 Å². The van der Waals surface area contributed by atoms with Crippen molar-refractivity contribution >= 4 is 16.9 Å². The van der Waals surface area contributed by atoms with E-state index in [1.807, 2.05) is 30.3 Å². The van der Waals surface area contributed by atoms with Gasteiger partial charge >= 0.3 is 0 Å². The maximum atomic E-state index is 11.7. The third-order valence-electron chi connectivity index (χ3n) is 5.65. The maximum absolute atomic E-state index is 11.7. The number of aryl methyl sites for hydroxylation is 1. The number of hydrogen-bond acceptors (Lipinski definition) is 4. The third kappa shape index (κ3) is 1.81. The van der Waals surface area contributed by atoms with Gasteiger partial charge in [0.25, 0.3) is 0 Å². The summed E-state index contributed by atoms with van der Waals surface area (Å²) in [5.41, 5.74) is 2.73. The van der Waals surface area contributed by atoms with E-state index in [0.29, 0.717) is 0 Å². The first kappa shape index (κ1) is 14.6. The first-order valence-electron chi connectivity index (χ1n) is 8.59. The lowest BCUT2D eigenvalue weighted by Gasteiger charge is -2.42. The molecule has 0 bridgehead atoms. The summed E-state index contributed by atoms with van der Waals surface area (Å²) in [6, 6.07) is 19.1. The van der Waals surface area contributed by atoms with E-state index in [1.165, 1.54) is 11.1 Å². The second-order valence-electron chi connectivity index (χ2n) is 6.88. The lowest BCUT2D eigenvalue weighted by atomic mass is 9.83. The fraction of sp³-hybridized carbons (Fsp3) is 0.350. The van der Waals surface area contributed by atoms with E-state index in [0.717, 1.165) is 23.6 Å². The Balaban J connectivity index is 1.62. The highest BCUT2D eigenvalue weighted by atomic mass is 32.2. The number of nitrogens with zero attached hydrogens (tertiary/aromatic N) is 2. The van der Waals surface area contributed by atoms with Crippen molar-refractivity contribution in [2.75, 3.05) is 0 Å². The van der Waals surface area contributed by atoms with E-state index in [2.05, 4.69) is 36.1 Å². The molecule has 0 radical (unpaired) electrons. The molecule has 2 aromatic rings. The van der Waals surface area contributed by atoms with Gasteiger partial charge in [-0.15, -0.1) is 0 Å². The number of aliphatic imine (C=N–C) groups is 1. The van der Waals surface area contributed by atoms with E-state index in [9.17, 15) is 5.11 Å². The van der Waals surface area contributed by atoms with Crippen molar-refractivity contribution in [2.24, 2.45) is 4.99 Å². The van der Waals surface area contributed by atoms with Gasteiger partial charge in [0.1, 0.15) is 0 Å². The standard InChI is InChI=1S/C20H20N2OS/c1-13-20(23,15-8-3-2-4-9-15)22-17-12-11-14-7-5-6-10-16(14)18(17)21-19(22)24-13/h2-10,13,17-18,23H,11-12H2,1H3/t13-,17?,18?,20-/m0/s1. The molecule has 3 nitrogen and oxygen atoms in total. The number of hydrogen-bond donors (Lipinski definition) is 1. The monoisotopic (exact) mass is 336 g/mol. The molecule has 4 heteroatoms. The summed E-state index contributed by atoms with van der Waals surface area (Å²) in [5.74, 6) is 0. The first-order valence-corrected chi connectivity index (χ1v) is 9.47. The summed E-state index contributed by atoms with van der Waals surface area (Å²) in [6.07, 6.45) is 2.09. The Morgan fingerprint density at radius 1 is 1.12 bits per heavy atom. The minimum Gasteiger partial charge on any atom is -0.366 e. The van der Waals surface area contributed by atoms with Crippen molar-refractivity contribution in [1.29, 1.82) is 0 Å².